The molecule has 1 heterocycles. The second-order valence-corrected chi connectivity index (χ2v) is 7.39. The summed E-state index contributed by atoms with van der Waals surface area (Å²) in [6.07, 6.45) is 3.04. The van der Waals surface area contributed by atoms with Gasteiger partial charge in [0.1, 0.15) is 18.5 Å². The molecule has 0 spiro atoms. The third kappa shape index (κ3) is 8.26. The number of benzene rings is 1. The van der Waals surface area contributed by atoms with E-state index in [9.17, 15) is 14.3 Å². The van der Waals surface area contributed by atoms with Crippen LogP contribution in [0.5, 0.6) is 0 Å². The van der Waals surface area contributed by atoms with Gasteiger partial charge in [0.2, 0.25) is 0 Å². The molecule has 0 fully saturated rings. The third-order valence-electron chi connectivity index (χ3n) is 4.79. The van der Waals surface area contributed by atoms with Crippen LogP contribution in [0.1, 0.15) is 37.4 Å². The van der Waals surface area contributed by atoms with Gasteiger partial charge in [0.05, 0.1) is 6.54 Å². The number of hydrogen-bond acceptors (Lipinski definition) is 5. The fourth-order valence-corrected chi connectivity index (χ4v) is 3.27. The average Bonchev–Trinajstić information content (AvgIpc) is 3.15. The highest BCUT2D eigenvalue weighted by Crippen LogP contribution is 2.14. The quantitative estimate of drug-likeness (QED) is 0.376. The highest BCUT2D eigenvalue weighted by Gasteiger charge is 2.16. The third-order valence-corrected chi connectivity index (χ3v) is 4.79. The molecule has 0 aliphatic carbocycles. The SMILES string of the molecule is CCCC(=O)OCC(O)CN(CCCOC)Cc1cccn1Cc1ccccc1F. The van der Waals surface area contributed by atoms with Crippen molar-refractivity contribution in [2.24, 2.45) is 0 Å². The van der Waals surface area contributed by atoms with Gasteiger partial charge in [-0.15, -0.1) is 0 Å². The number of aromatic nitrogens is 1. The molecular formula is C23H33FN2O4. The molecule has 0 saturated carbocycles. The predicted octanol–water partition coefficient (Wildman–Crippen LogP) is 3.22. The average molecular weight is 421 g/mol. The molecule has 0 bridgehead atoms. The summed E-state index contributed by atoms with van der Waals surface area (Å²) in [7, 11) is 1.66. The second kappa shape index (κ2) is 13.2. The van der Waals surface area contributed by atoms with Crippen LogP contribution < -0.4 is 0 Å². The zero-order valence-corrected chi connectivity index (χ0v) is 17.9. The molecule has 2 rings (SSSR count). The molecule has 1 unspecified atom stereocenters. The lowest BCUT2D eigenvalue weighted by atomic mass is 10.2. The van der Waals surface area contributed by atoms with Gasteiger partial charge in [-0.1, -0.05) is 25.1 Å². The monoisotopic (exact) mass is 420 g/mol. The summed E-state index contributed by atoms with van der Waals surface area (Å²) in [5.74, 6) is -0.514. The highest BCUT2D eigenvalue weighted by molar-refractivity contribution is 5.69. The molecule has 0 amide bonds. The first kappa shape index (κ1) is 24.1. The first-order chi connectivity index (χ1) is 14.5. The Kier molecular flexibility index (Phi) is 10.5. The Hall–Kier alpha value is -2.22. The number of ether oxygens (including phenoxy) is 2. The molecular weight excluding hydrogens is 387 g/mol. The number of esters is 1. The van der Waals surface area contributed by atoms with Gasteiger partial charge in [0.15, 0.2) is 0 Å². The van der Waals surface area contributed by atoms with Crippen LogP contribution in [0.2, 0.25) is 0 Å². The summed E-state index contributed by atoms with van der Waals surface area (Å²) in [6, 6.07) is 10.7. The van der Waals surface area contributed by atoms with Crippen molar-refractivity contribution >= 4 is 5.97 Å². The molecule has 6 nitrogen and oxygen atoms in total. The number of rotatable bonds is 14. The first-order valence-corrected chi connectivity index (χ1v) is 10.5. The maximum absolute atomic E-state index is 14.0. The van der Waals surface area contributed by atoms with Gasteiger partial charge < -0.3 is 19.1 Å². The summed E-state index contributed by atoms with van der Waals surface area (Å²) in [4.78, 5) is 13.7. The number of aliphatic hydroxyl groups is 1. The minimum Gasteiger partial charge on any atom is -0.463 e. The molecule has 1 atom stereocenters. The summed E-state index contributed by atoms with van der Waals surface area (Å²) in [5, 5.41) is 10.4. The smallest absolute Gasteiger partial charge is 0.305 e. The Bertz CT molecular complexity index is 765. The summed E-state index contributed by atoms with van der Waals surface area (Å²) in [6.45, 7) is 4.63. The zero-order chi connectivity index (χ0) is 21.8. The van der Waals surface area contributed by atoms with Gasteiger partial charge in [0.25, 0.3) is 0 Å². The van der Waals surface area contributed by atoms with Gasteiger partial charge in [-0.3, -0.25) is 9.69 Å². The molecule has 166 valence electrons. The van der Waals surface area contributed by atoms with Crippen molar-refractivity contribution in [1.82, 2.24) is 9.47 Å². The van der Waals surface area contributed by atoms with Crippen LogP contribution in [0, 0.1) is 5.82 Å². The maximum Gasteiger partial charge on any atom is 0.305 e. The van der Waals surface area contributed by atoms with Crippen LogP contribution in [0.25, 0.3) is 0 Å². The van der Waals surface area contributed by atoms with E-state index in [0.717, 1.165) is 25.1 Å². The van der Waals surface area contributed by atoms with E-state index in [-0.39, 0.29) is 18.4 Å². The van der Waals surface area contributed by atoms with Crippen LogP contribution in [-0.2, 0) is 27.4 Å². The van der Waals surface area contributed by atoms with E-state index < -0.39 is 6.10 Å². The van der Waals surface area contributed by atoms with Gasteiger partial charge in [-0.2, -0.15) is 0 Å². The molecule has 0 radical (unpaired) electrons. The fraction of sp³-hybridized carbons (Fsp3) is 0.522. The molecule has 2 aromatic rings. The van der Waals surface area contributed by atoms with Gasteiger partial charge in [0, 0.05) is 57.2 Å². The van der Waals surface area contributed by atoms with Crippen LogP contribution in [0.15, 0.2) is 42.6 Å². The number of hydrogen-bond donors (Lipinski definition) is 1. The maximum atomic E-state index is 14.0. The Labute approximate surface area is 178 Å². The molecule has 0 aliphatic rings. The molecule has 1 N–H and O–H groups in total. The molecule has 30 heavy (non-hydrogen) atoms. The number of carbonyl (C=O) groups is 1. The second-order valence-electron chi connectivity index (χ2n) is 7.39. The van der Waals surface area contributed by atoms with Crippen LogP contribution in [-0.4, -0.2) is 60.1 Å². The Morgan fingerprint density at radius 1 is 1.27 bits per heavy atom. The topological polar surface area (TPSA) is 63.9 Å². The Morgan fingerprint density at radius 2 is 2.07 bits per heavy atom. The Balaban J connectivity index is 1.99. The van der Waals surface area contributed by atoms with Crippen molar-refractivity contribution in [2.45, 2.75) is 45.4 Å². The van der Waals surface area contributed by atoms with Crippen LogP contribution >= 0.6 is 0 Å². The highest BCUT2D eigenvalue weighted by atomic mass is 19.1. The number of aliphatic hydroxyl groups excluding tert-OH is 1. The van der Waals surface area contributed by atoms with Crippen molar-refractivity contribution in [3.05, 3.63) is 59.7 Å². The summed E-state index contributed by atoms with van der Waals surface area (Å²) in [5.41, 5.74) is 1.65. The standard InChI is InChI=1S/C23H33FN2O4/c1-3-8-23(28)30-18-21(27)17-25(12-7-14-29-2)16-20-10-6-13-26(20)15-19-9-4-5-11-22(19)24/h4-6,9-11,13,21,27H,3,7-8,12,14-18H2,1-2H3. The normalized spacial score (nSPS) is 12.3. The van der Waals surface area contributed by atoms with Crippen molar-refractivity contribution in [2.75, 3.05) is 33.4 Å². The lowest BCUT2D eigenvalue weighted by Crippen LogP contribution is -2.36. The fourth-order valence-electron chi connectivity index (χ4n) is 3.27. The minimum absolute atomic E-state index is 0.0180. The van der Waals surface area contributed by atoms with Crippen molar-refractivity contribution in [1.29, 1.82) is 0 Å². The molecule has 7 heteroatoms. The number of halogens is 1. The number of carbonyl (C=O) groups excluding carboxylic acids is 1. The number of nitrogens with zero attached hydrogens (tertiary/aromatic N) is 2. The van der Waals surface area contributed by atoms with Crippen molar-refractivity contribution < 1.29 is 23.8 Å². The van der Waals surface area contributed by atoms with Crippen LogP contribution in [0.3, 0.4) is 0 Å². The van der Waals surface area contributed by atoms with Crippen LogP contribution in [0.4, 0.5) is 4.39 Å². The molecule has 1 aromatic carbocycles. The molecule has 0 saturated heterocycles. The lowest BCUT2D eigenvalue weighted by molar-refractivity contribution is -0.147. The van der Waals surface area contributed by atoms with E-state index in [4.69, 9.17) is 9.47 Å². The lowest BCUT2D eigenvalue weighted by Gasteiger charge is -2.25. The van der Waals surface area contributed by atoms with E-state index in [0.29, 0.717) is 38.2 Å². The van der Waals surface area contributed by atoms with Crippen molar-refractivity contribution in [3.63, 3.8) is 0 Å². The minimum atomic E-state index is -0.775. The number of methoxy groups -OCH3 is 1. The molecule has 1 aromatic heterocycles. The summed E-state index contributed by atoms with van der Waals surface area (Å²) < 4.78 is 26.3. The van der Waals surface area contributed by atoms with Gasteiger partial charge in [-0.25, -0.2) is 4.39 Å². The summed E-state index contributed by atoms with van der Waals surface area (Å²) >= 11 is 0. The first-order valence-electron chi connectivity index (χ1n) is 10.5. The van der Waals surface area contributed by atoms with E-state index in [1.807, 2.05) is 35.9 Å². The van der Waals surface area contributed by atoms with E-state index >= 15 is 0 Å². The van der Waals surface area contributed by atoms with E-state index in [2.05, 4.69) is 4.90 Å². The van der Waals surface area contributed by atoms with E-state index in [1.54, 1.807) is 19.2 Å². The molecule has 0 aliphatic heterocycles. The van der Waals surface area contributed by atoms with E-state index in [1.165, 1.54) is 6.07 Å². The largest absolute Gasteiger partial charge is 0.463 e. The Morgan fingerprint density at radius 3 is 2.80 bits per heavy atom. The van der Waals surface area contributed by atoms with Gasteiger partial charge in [-0.05, 0) is 31.0 Å². The van der Waals surface area contributed by atoms with Crippen molar-refractivity contribution in [3.8, 4) is 0 Å². The van der Waals surface area contributed by atoms with Gasteiger partial charge >= 0.3 is 5.97 Å². The predicted molar refractivity (Wildman–Crippen MR) is 114 cm³/mol. The zero-order valence-electron chi connectivity index (χ0n) is 17.9.